The molecule has 0 bridgehead atoms. The topological polar surface area (TPSA) is 92.8 Å². The maximum Gasteiger partial charge on any atom is 0.276 e. The number of halogens is 1. The van der Waals surface area contributed by atoms with Crippen molar-refractivity contribution >= 4 is 23.5 Å². The molecule has 0 unspecified atom stereocenters. The molecule has 0 fully saturated rings. The van der Waals surface area contributed by atoms with Gasteiger partial charge in [0.25, 0.3) is 5.91 Å². The molecule has 8 heteroatoms. The van der Waals surface area contributed by atoms with Gasteiger partial charge in [0.05, 0.1) is 17.7 Å². The van der Waals surface area contributed by atoms with Gasteiger partial charge in [-0.05, 0) is 24.3 Å². The number of carbonyl (C=O) groups is 1. The second-order valence-corrected chi connectivity index (χ2v) is 4.96. The molecule has 0 saturated heterocycles. The minimum atomic E-state index is -0.424. The average Bonchev–Trinajstić information content (AvgIpc) is 3.03. The summed E-state index contributed by atoms with van der Waals surface area (Å²) in [6.45, 7) is 0. The summed E-state index contributed by atoms with van der Waals surface area (Å²) in [6.07, 6.45) is 1.40. The van der Waals surface area contributed by atoms with Crippen molar-refractivity contribution in [3.05, 3.63) is 53.3 Å². The second-order valence-electron chi connectivity index (χ2n) is 4.52. The van der Waals surface area contributed by atoms with E-state index in [9.17, 15) is 4.79 Å². The van der Waals surface area contributed by atoms with E-state index in [1.54, 1.807) is 13.2 Å². The normalized spacial score (nSPS) is 10.3. The van der Waals surface area contributed by atoms with Crippen molar-refractivity contribution in [1.29, 1.82) is 0 Å². The van der Waals surface area contributed by atoms with E-state index >= 15 is 0 Å². The van der Waals surface area contributed by atoms with Gasteiger partial charge in [0.2, 0.25) is 5.95 Å². The molecule has 0 aliphatic carbocycles. The first kappa shape index (κ1) is 15.0. The van der Waals surface area contributed by atoms with E-state index < -0.39 is 5.91 Å². The van der Waals surface area contributed by atoms with Crippen molar-refractivity contribution in [2.75, 3.05) is 12.4 Å². The SMILES string of the molecule is COc1ccccc1-c1nc(NC(=O)c2ccc(Cl)cn2)n[nH]1. The zero-order valence-electron chi connectivity index (χ0n) is 12.1. The van der Waals surface area contributed by atoms with E-state index in [2.05, 4.69) is 25.5 Å². The maximum atomic E-state index is 12.1. The third kappa shape index (κ3) is 3.29. The van der Waals surface area contributed by atoms with Crippen LogP contribution in [0, 0.1) is 0 Å². The predicted molar refractivity (Wildman–Crippen MR) is 85.6 cm³/mol. The highest BCUT2D eigenvalue weighted by atomic mass is 35.5. The van der Waals surface area contributed by atoms with Crippen LogP contribution in [0.25, 0.3) is 11.4 Å². The molecule has 0 radical (unpaired) electrons. The number of rotatable bonds is 4. The Kier molecular flexibility index (Phi) is 4.20. The summed E-state index contributed by atoms with van der Waals surface area (Å²) in [7, 11) is 1.57. The number of aromatic nitrogens is 4. The molecular weight excluding hydrogens is 318 g/mol. The molecule has 3 rings (SSSR count). The van der Waals surface area contributed by atoms with E-state index in [0.29, 0.717) is 16.6 Å². The highest BCUT2D eigenvalue weighted by Crippen LogP contribution is 2.27. The fraction of sp³-hybridized carbons (Fsp3) is 0.0667. The number of H-pyrrole nitrogens is 1. The highest BCUT2D eigenvalue weighted by molar-refractivity contribution is 6.30. The molecule has 2 heterocycles. The number of aromatic amines is 1. The Bertz CT molecular complexity index is 832. The third-order valence-electron chi connectivity index (χ3n) is 3.03. The molecule has 7 nitrogen and oxygen atoms in total. The smallest absolute Gasteiger partial charge is 0.276 e. The summed E-state index contributed by atoms with van der Waals surface area (Å²) in [5, 5.41) is 9.76. The number of nitrogens with one attached hydrogen (secondary N) is 2. The third-order valence-corrected chi connectivity index (χ3v) is 3.26. The van der Waals surface area contributed by atoms with Crippen molar-refractivity contribution in [2.45, 2.75) is 0 Å². The molecule has 0 aliphatic rings. The second kappa shape index (κ2) is 6.45. The molecule has 1 aromatic carbocycles. The van der Waals surface area contributed by atoms with Gasteiger partial charge in [0, 0.05) is 6.20 Å². The van der Waals surface area contributed by atoms with Gasteiger partial charge in [-0.25, -0.2) is 4.98 Å². The summed E-state index contributed by atoms with van der Waals surface area (Å²) in [5.74, 6) is 0.864. The maximum absolute atomic E-state index is 12.1. The Morgan fingerprint density at radius 1 is 1.26 bits per heavy atom. The highest BCUT2D eigenvalue weighted by Gasteiger charge is 2.13. The molecule has 2 aromatic heterocycles. The summed E-state index contributed by atoms with van der Waals surface area (Å²) in [5.41, 5.74) is 0.964. The number of amides is 1. The van der Waals surface area contributed by atoms with E-state index in [-0.39, 0.29) is 11.6 Å². The van der Waals surface area contributed by atoms with Crippen molar-refractivity contribution in [3.8, 4) is 17.1 Å². The predicted octanol–water partition coefficient (Wildman–Crippen LogP) is 2.78. The molecule has 116 valence electrons. The van der Waals surface area contributed by atoms with Gasteiger partial charge in [0.1, 0.15) is 11.4 Å². The van der Waals surface area contributed by atoms with Crippen LogP contribution in [0.2, 0.25) is 5.02 Å². The number of ether oxygens (including phenoxy) is 1. The number of carbonyl (C=O) groups excluding carboxylic acids is 1. The Hall–Kier alpha value is -2.93. The number of benzene rings is 1. The van der Waals surface area contributed by atoms with Crippen molar-refractivity contribution in [1.82, 2.24) is 20.2 Å². The van der Waals surface area contributed by atoms with E-state index in [1.165, 1.54) is 12.3 Å². The lowest BCUT2D eigenvalue weighted by atomic mass is 10.2. The first-order valence-corrected chi connectivity index (χ1v) is 7.04. The monoisotopic (exact) mass is 329 g/mol. The lowest BCUT2D eigenvalue weighted by molar-refractivity contribution is 0.102. The van der Waals surface area contributed by atoms with Crippen molar-refractivity contribution in [2.24, 2.45) is 0 Å². The van der Waals surface area contributed by atoms with Crippen LogP contribution in [0.3, 0.4) is 0 Å². The number of anilines is 1. The molecular formula is C15H12ClN5O2. The molecule has 2 N–H and O–H groups in total. The molecule has 0 saturated carbocycles. The first-order chi connectivity index (χ1) is 11.2. The minimum Gasteiger partial charge on any atom is -0.496 e. The van der Waals surface area contributed by atoms with Crippen LogP contribution in [0.1, 0.15) is 10.5 Å². The number of pyridine rings is 1. The van der Waals surface area contributed by atoms with Crippen molar-refractivity contribution < 1.29 is 9.53 Å². The van der Waals surface area contributed by atoms with Crippen molar-refractivity contribution in [3.63, 3.8) is 0 Å². The average molecular weight is 330 g/mol. The fourth-order valence-electron chi connectivity index (χ4n) is 1.95. The van der Waals surface area contributed by atoms with Crippen LogP contribution >= 0.6 is 11.6 Å². The lowest BCUT2D eigenvalue weighted by Gasteiger charge is -2.04. The number of hydrogen-bond acceptors (Lipinski definition) is 5. The Labute approximate surface area is 136 Å². The van der Waals surface area contributed by atoms with Gasteiger partial charge in [-0.3, -0.25) is 15.2 Å². The van der Waals surface area contributed by atoms with Gasteiger partial charge in [0.15, 0.2) is 5.82 Å². The standard InChI is InChI=1S/C15H12ClN5O2/c1-23-12-5-3-2-4-10(12)13-18-15(21-20-13)19-14(22)11-7-6-9(16)8-17-11/h2-8H,1H3,(H2,18,19,20,21,22). The molecule has 0 spiro atoms. The van der Waals surface area contributed by atoms with Crippen LogP contribution in [0.4, 0.5) is 5.95 Å². The molecule has 1 amide bonds. The summed E-state index contributed by atoms with van der Waals surface area (Å²) >= 11 is 5.74. The van der Waals surface area contributed by atoms with Crippen LogP contribution in [-0.4, -0.2) is 33.2 Å². The van der Waals surface area contributed by atoms with Gasteiger partial charge in [-0.1, -0.05) is 23.7 Å². The first-order valence-electron chi connectivity index (χ1n) is 6.66. The summed E-state index contributed by atoms with van der Waals surface area (Å²) < 4.78 is 5.27. The summed E-state index contributed by atoms with van der Waals surface area (Å²) in [4.78, 5) is 20.2. The number of para-hydroxylation sites is 1. The number of hydrogen-bond donors (Lipinski definition) is 2. The quantitative estimate of drug-likeness (QED) is 0.767. The van der Waals surface area contributed by atoms with Crippen LogP contribution in [-0.2, 0) is 0 Å². The summed E-state index contributed by atoms with van der Waals surface area (Å²) in [6, 6.07) is 10.5. The van der Waals surface area contributed by atoms with Gasteiger partial charge in [-0.15, -0.1) is 5.10 Å². The van der Waals surface area contributed by atoms with E-state index in [0.717, 1.165) is 5.56 Å². The molecule has 3 aromatic rings. The zero-order chi connectivity index (χ0) is 16.2. The molecule has 0 aliphatic heterocycles. The van der Waals surface area contributed by atoms with Gasteiger partial charge in [-0.2, -0.15) is 4.98 Å². The Morgan fingerprint density at radius 2 is 2.09 bits per heavy atom. The van der Waals surface area contributed by atoms with E-state index in [1.807, 2.05) is 24.3 Å². The lowest BCUT2D eigenvalue weighted by Crippen LogP contribution is -2.14. The van der Waals surface area contributed by atoms with E-state index in [4.69, 9.17) is 16.3 Å². The zero-order valence-corrected chi connectivity index (χ0v) is 12.8. The number of nitrogens with zero attached hydrogens (tertiary/aromatic N) is 3. The van der Waals surface area contributed by atoms with Gasteiger partial charge >= 0.3 is 0 Å². The van der Waals surface area contributed by atoms with Gasteiger partial charge < -0.3 is 4.74 Å². The fourth-order valence-corrected chi connectivity index (χ4v) is 2.07. The Morgan fingerprint density at radius 3 is 2.83 bits per heavy atom. The van der Waals surface area contributed by atoms with Crippen LogP contribution in [0.5, 0.6) is 5.75 Å². The molecule has 0 atom stereocenters. The largest absolute Gasteiger partial charge is 0.496 e. The van der Waals surface area contributed by atoms with Crippen LogP contribution in [0.15, 0.2) is 42.6 Å². The molecule has 23 heavy (non-hydrogen) atoms. The van der Waals surface area contributed by atoms with Crippen LogP contribution < -0.4 is 10.1 Å². The number of methoxy groups -OCH3 is 1. The Balaban J connectivity index is 1.79. The minimum absolute atomic E-state index is 0.146.